The number of ether oxygens (including phenoxy) is 1. The fourth-order valence-corrected chi connectivity index (χ4v) is 4.39. The van der Waals surface area contributed by atoms with Crippen LogP contribution in [0.4, 0.5) is 0 Å². The van der Waals surface area contributed by atoms with E-state index in [1.165, 1.54) is 11.1 Å². The summed E-state index contributed by atoms with van der Waals surface area (Å²) in [6.07, 6.45) is 2.00. The molecule has 1 aliphatic rings. The molecular formula is C17H15BrCl2O. The third-order valence-electron chi connectivity index (χ3n) is 4.03. The lowest BCUT2D eigenvalue weighted by atomic mass is 9.95. The van der Waals surface area contributed by atoms with Crippen molar-refractivity contribution in [1.29, 1.82) is 0 Å². The molecule has 0 spiro atoms. The highest BCUT2D eigenvalue weighted by molar-refractivity contribution is 9.10. The Morgan fingerprint density at radius 2 is 1.81 bits per heavy atom. The zero-order valence-electron chi connectivity index (χ0n) is 11.6. The molecule has 0 fully saturated rings. The molecule has 1 atom stereocenters. The summed E-state index contributed by atoms with van der Waals surface area (Å²) in [7, 11) is 1.66. The normalized spacial score (nSPS) is 15.8. The van der Waals surface area contributed by atoms with Gasteiger partial charge in [0.25, 0.3) is 0 Å². The van der Waals surface area contributed by atoms with Gasteiger partial charge in [-0.1, -0.05) is 35.9 Å². The Hall–Kier alpha value is -0.700. The Kier molecular flexibility index (Phi) is 4.49. The lowest BCUT2D eigenvalue weighted by molar-refractivity contribution is 0.400. The molecule has 0 bridgehead atoms. The van der Waals surface area contributed by atoms with Crippen LogP contribution in [0.1, 0.15) is 22.1 Å². The molecule has 2 aromatic rings. The molecule has 0 N–H and O–H groups in total. The van der Waals surface area contributed by atoms with Crippen molar-refractivity contribution in [3.63, 3.8) is 0 Å². The van der Waals surface area contributed by atoms with Crippen molar-refractivity contribution in [3.05, 3.63) is 62.6 Å². The number of fused-ring (bicyclic) bond motifs is 1. The van der Waals surface area contributed by atoms with Crippen molar-refractivity contribution in [3.8, 4) is 5.75 Å². The fourth-order valence-electron chi connectivity index (χ4n) is 3.05. The van der Waals surface area contributed by atoms with Gasteiger partial charge in [-0.2, -0.15) is 0 Å². The fraction of sp³-hybridized carbons (Fsp3) is 0.294. The summed E-state index contributed by atoms with van der Waals surface area (Å²) in [5.74, 6) is 1.14. The molecule has 3 rings (SSSR count). The predicted octanol–water partition coefficient (Wildman–Crippen LogP) is 5.81. The topological polar surface area (TPSA) is 9.23 Å². The van der Waals surface area contributed by atoms with Crippen LogP contribution in [0, 0.1) is 5.92 Å². The van der Waals surface area contributed by atoms with Crippen LogP contribution >= 0.6 is 39.1 Å². The number of hydrogen-bond donors (Lipinski definition) is 0. The highest BCUT2D eigenvalue weighted by Crippen LogP contribution is 2.45. The number of hydrogen-bond acceptors (Lipinski definition) is 1. The second kappa shape index (κ2) is 6.20. The molecule has 1 nitrogen and oxygen atoms in total. The number of halogens is 3. The minimum absolute atomic E-state index is 0.123. The van der Waals surface area contributed by atoms with Crippen molar-refractivity contribution < 1.29 is 4.74 Å². The van der Waals surface area contributed by atoms with Crippen LogP contribution in [-0.2, 0) is 12.8 Å². The van der Waals surface area contributed by atoms with E-state index in [4.69, 9.17) is 27.9 Å². The summed E-state index contributed by atoms with van der Waals surface area (Å²) in [4.78, 5) is 0. The van der Waals surface area contributed by atoms with Gasteiger partial charge >= 0.3 is 0 Å². The van der Waals surface area contributed by atoms with E-state index in [2.05, 4.69) is 40.2 Å². The van der Waals surface area contributed by atoms with Gasteiger partial charge in [-0.15, -0.1) is 11.6 Å². The summed E-state index contributed by atoms with van der Waals surface area (Å²) in [5.41, 5.74) is 3.75. The Labute approximate surface area is 143 Å². The smallest absolute Gasteiger partial charge is 0.137 e. The molecule has 0 amide bonds. The van der Waals surface area contributed by atoms with Gasteiger partial charge in [0.05, 0.1) is 17.0 Å². The van der Waals surface area contributed by atoms with Crippen LogP contribution in [0.3, 0.4) is 0 Å². The zero-order chi connectivity index (χ0) is 15.0. The highest BCUT2D eigenvalue weighted by atomic mass is 79.9. The average Bonchev–Trinajstić information content (AvgIpc) is 2.89. The van der Waals surface area contributed by atoms with E-state index in [1.807, 2.05) is 12.1 Å². The number of alkyl halides is 1. The minimum Gasteiger partial charge on any atom is -0.495 e. The van der Waals surface area contributed by atoms with Crippen LogP contribution in [0.5, 0.6) is 5.75 Å². The van der Waals surface area contributed by atoms with Crippen molar-refractivity contribution in [2.24, 2.45) is 5.92 Å². The molecule has 0 aromatic heterocycles. The van der Waals surface area contributed by atoms with Crippen LogP contribution in [-0.4, -0.2) is 7.11 Å². The number of rotatable bonds is 3. The first kappa shape index (κ1) is 15.2. The predicted molar refractivity (Wildman–Crippen MR) is 91.6 cm³/mol. The molecular weight excluding hydrogens is 371 g/mol. The highest BCUT2D eigenvalue weighted by Gasteiger charge is 2.30. The van der Waals surface area contributed by atoms with Gasteiger partial charge in [0.15, 0.2) is 0 Å². The second-order valence-corrected chi connectivity index (χ2v) is 7.11. The largest absolute Gasteiger partial charge is 0.495 e. The molecule has 1 unspecified atom stereocenters. The van der Waals surface area contributed by atoms with E-state index in [1.54, 1.807) is 7.11 Å². The van der Waals surface area contributed by atoms with E-state index in [0.29, 0.717) is 10.9 Å². The van der Waals surface area contributed by atoms with Crippen molar-refractivity contribution >= 4 is 39.1 Å². The Balaban J connectivity index is 1.92. The van der Waals surface area contributed by atoms with E-state index >= 15 is 0 Å². The van der Waals surface area contributed by atoms with Crippen LogP contribution in [0.2, 0.25) is 5.02 Å². The molecule has 1 aliphatic carbocycles. The van der Waals surface area contributed by atoms with Gasteiger partial charge in [-0.3, -0.25) is 0 Å². The molecule has 21 heavy (non-hydrogen) atoms. The monoisotopic (exact) mass is 384 g/mol. The maximum absolute atomic E-state index is 6.77. The van der Waals surface area contributed by atoms with E-state index in [0.717, 1.165) is 28.6 Å². The van der Waals surface area contributed by atoms with Crippen LogP contribution in [0.25, 0.3) is 0 Å². The maximum atomic E-state index is 6.77. The van der Waals surface area contributed by atoms with Crippen molar-refractivity contribution in [1.82, 2.24) is 0 Å². The Morgan fingerprint density at radius 3 is 2.38 bits per heavy atom. The molecule has 0 saturated heterocycles. The number of methoxy groups -OCH3 is 1. The lowest BCUT2D eigenvalue weighted by Gasteiger charge is -2.21. The molecule has 0 heterocycles. The molecule has 0 aliphatic heterocycles. The standard InChI is InChI=1S/C17H15BrCl2O/c1-21-17-14(8-13(19)9-15(17)18)16(20)12-6-10-4-2-3-5-11(10)7-12/h2-5,8-9,12,16H,6-7H2,1H3. The van der Waals surface area contributed by atoms with Crippen molar-refractivity contribution in [2.75, 3.05) is 7.11 Å². The third kappa shape index (κ3) is 2.94. The van der Waals surface area contributed by atoms with Crippen molar-refractivity contribution in [2.45, 2.75) is 18.2 Å². The first-order chi connectivity index (χ1) is 10.1. The van der Waals surface area contributed by atoms with Crippen LogP contribution in [0.15, 0.2) is 40.9 Å². The van der Waals surface area contributed by atoms with Gasteiger partial charge < -0.3 is 4.74 Å². The molecule has 0 saturated carbocycles. The Bertz CT molecular complexity index is 647. The second-order valence-electron chi connectivity index (χ2n) is 5.35. The first-order valence-corrected chi connectivity index (χ1v) is 8.44. The minimum atomic E-state index is -0.123. The molecule has 2 aromatic carbocycles. The maximum Gasteiger partial charge on any atom is 0.137 e. The summed E-state index contributed by atoms with van der Waals surface area (Å²) in [6, 6.07) is 12.3. The Morgan fingerprint density at radius 1 is 1.19 bits per heavy atom. The summed E-state index contributed by atoms with van der Waals surface area (Å²) in [6.45, 7) is 0. The van der Waals surface area contributed by atoms with E-state index < -0.39 is 0 Å². The van der Waals surface area contributed by atoms with Gasteiger partial charge in [-0.05, 0) is 57.9 Å². The van der Waals surface area contributed by atoms with E-state index in [9.17, 15) is 0 Å². The first-order valence-electron chi connectivity index (χ1n) is 6.84. The zero-order valence-corrected chi connectivity index (χ0v) is 14.7. The average molecular weight is 386 g/mol. The summed E-state index contributed by atoms with van der Waals surface area (Å²) >= 11 is 16.4. The van der Waals surface area contributed by atoms with Gasteiger partial charge in [0.1, 0.15) is 5.75 Å². The number of benzene rings is 2. The van der Waals surface area contributed by atoms with Gasteiger partial charge in [-0.25, -0.2) is 0 Å². The quantitative estimate of drug-likeness (QED) is 0.606. The SMILES string of the molecule is COc1c(Br)cc(Cl)cc1C(Cl)C1Cc2ccccc2C1. The molecule has 4 heteroatoms. The molecule has 0 radical (unpaired) electrons. The summed E-state index contributed by atoms with van der Waals surface area (Å²) < 4.78 is 6.34. The van der Waals surface area contributed by atoms with Gasteiger partial charge in [0.2, 0.25) is 0 Å². The summed E-state index contributed by atoms with van der Waals surface area (Å²) in [5, 5.41) is 0.543. The van der Waals surface area contributed by atoms with E-state index in [-0.39, 0.29) is 5.38 Å². The van der Waals surface area contributed by atoms with Gasteiger partial charge in [0, 0.05) is 10.6 Å². The lowest BCUT2D eigenvalue weighted by Crippen LogP contribution is -2.09. The third-order valence-corrected chi connectivity index (χ3v) is 5.43. The molecule has 110 valence electrons. The van der Waals surface area contributed by atoms with Crippen LogP contribution < -0.4 is 4.74 Å².